The minimum atomic E-state index is -4.40. The number of nitrogens with two attached hydrogens (primary N) is 1. The summed E-state index contributed by atoms with van der Waals surface area (Å²) in [6.07, 6.45) is -3.24. The Morgan fingerprint density at radius 1 is 0.962 bits per heavy atom. The van der Waals surface area contributed by atoms with Crippen molar-refractivity contribution in [1.29, 1.82) is 0 Å². The van der Waals surface area contributed by atoms with E-state index in [9.17, 15) is 21.6 Å². The maximum Gasteiger partial charge on any atom is 0.416 e. The number of piperazine rings is 1. The van der Waals surface area contributed by atoms with Gasteiger partial charge in [0.05, 0.1) is 10.5 Å². The number of pyridine rings is 1. The fourth-order valence-electron chi connectivity index (χ4n) is 2.81. The summed E-state index contributed by atoms with van der Waals surface area (Å²) in [6.45, 7) is 2.16. The zero-order valence-corrected chi connectivity index (χ0v) is 14.5. The normalized spacial score (nSPS) is 16.0. The van der Waals surface area contributed by atoms with Crippen LogP contribution in [0.4, 0.5) is 24.7 Å². The smallest absolute Gasteiger partial charge is 0.368 e. The van der Waals surface area contributed by atoms with E-state index < -0.39 is 21.8 Å². The van der Waals surface area contributed by atoms with E-state index in [0.717, 1.165) is 24.0 Å². The molecule has 0 bridgehead atoms. The molecule has 1 aliphatic heterocycles. The molecule has 0 unspecified atom stereocenters. The van der Waals surface area contributed by atoms with Gasteiger partial charge in [-0.25, -0.2) is 18.5 Å². The highest BCUT2D eigenvalue weighted by Crippen LogP contribution is 2.31. The molecule has 1 fully saturated rings. The van der Waals surface area contributed by atoms with E-state index in [4.69, 9.17) is 5.14 Å². The molecule has 3 rings (SSSR count). The van der Waals surface area contributed by atoms with Crippen LogP contribution >= 0.6 is 0 Å². The highest BCUT2D eigenvalue weighted by molar-refractivity contribution is 7.89. The molecule has 0 aliphatic carbocycles. The largest absolute Gasteiger partial charge is 0.416 e. The summed E-state index contributed by atoms with van der Waals surface area (Å²) in [7, 11) is -3.74. The molecule has 10 heteroatoms. The van der Waals surface area contributed by atoms with Crippen LogP contribution in [0.15, 0.2) is 47.5 Å². The standard InChI is InChI=1S/C16H17F3N4O2S/c17-16(18,19)12-5-6-21-15(11-12)23-9-7-22(8-10-23)13-1-3-14(4-2-13)26(20,24)25/h1-6,11H,7-10H2,(H2,20,24,25). The molecular weight excluding hydrogens is 369 g/mol. The summed E-state index contributed by atoms with van der Waals surface area (Å²) in [4.78, 5) is 7.90. The molecule has 2 heterocycles. The topological polar surface area (TPSA) is 79.5 Å². The Balaban J connectivity index is 1.68. The van der Waals surface area contributed by atoms with E-state index in [2.05, 4.69) is 4.98 Å². The first-order valence-corrected chi connectivity index (χ1v) is 9.35. The van der Waals surface area contributed by atoms with Crippen molar-refractivity contribution in [3.63, 3.8) is 0 Å². The van der Waals surface area contributed by atoms with Gasteiger partial charge in [0, 0.05) is 38.1 Å². The number of primary sulfonamides is 1. The number of sulfonamides is 1. The molecule has 1 aromatic carbocycles. The van der Waals surface area contributed by atoms with Gasteiger partial charge >= 0.3 is 6.18 Å². The molecule has 1 saturated heterocycles. The van der Waals surface area contributed by atoms with Gasteiger partial charge in [-0.3, -0.25) is 0 Å². The maximum absolute atomic E-state index is 12.8. The third-order valence-corrected chi connectivity index (χ3v) is 5.14. The lowest BCUT2D eigenvalue weighted by Gasteiger charge is -2.37. The number of halogens is 3. The van der Waals surface area contributed by atoms with Crippen LogP contribution in [0, 0.1) is 0 Å². The molecule has 0 amide bonds. The molecule has 140 valence electrons. The van der Waals surface area contributed by atoms with E-state index in [0.29, 0.717) is 32.0 Å². The summed E-state index contributed by atoms with van der Waals surface area (Å²) < 4.78 is 61.1. The second-order valence-electron chi connectivity index (χ2n) is 5.91. The van der Waals surface area contributed by atoms with Crippen LogP contribution in [-0.2, 0) is 16.2 Å². The predicted octanol–water partition coefficient (Wildman–Crippen LogP) is 2.07. The first kappa shape index (κ1) is 18.5. The zero-order valence-electron chi connectivity index (χ0n) is 13.6. The summed E-state index contributed by atoms with van der Waals surface area (Å²) in [5.41, 5.74) is 0.109. The van der Waals surface area contributed by atoms with Crippen LogP contribution < -0.4 is 14.9 Å². The minimum absolute atomic E-state index is 0.0352. The molecule has 2 N–H and O–H groups in total. The van der Waals surface area contributed by atoms with Crippen LogP contribution in [-0.4, -0.2) is 39.6 Å². The van der Waals surface area contributed by atoms with Gasteiger partial charge in [0.2, 0.25) is 10.0 Å². The Morgan fingerprint density at radius 3 is 2.08 bits per heavy atom. The molecule has 6 nitrogen and oxygen atoms in total. The van der Waals surface area contributed by atoms with Crippen LogP contribution in [0.2, 0.25) is 0 Å². The van der Waals surface area contributed by atoms with Crippen molar-refractivity contribution in [2.24, 2.45) is 5.14 Å². The second kappa shape index (κ2) is 6.76. The number of nitrogens with zero attached hydrogens (tertiary/aromatic N) is 3. The van der Waals surface area contributed by atoms with E-state index >= 15 is 0 Å². The number of anilines is 2. The number of hydrogen-bond acceptors (Lipinski definition) is 5. The molecule has 0 spiro atoms. The average Bonchev–Trinajstić information content (AvgIpc) is 2.61. The number of benzene rings is 1. The molecule has 26 heavy (non-hydrogen) atoms. The Kier molecular flexibility index (Phi) is 4.80. The second-order valence-corrected chi connectivity index (χ2v) is 7.47. The van der Waals surface area contributed by atoms with Gasteiger partial charge in [-0.2, -0.15) is 13.2 Å². The van der Waals surface area contributed by atoms with E-state index in [-0.39, 0.29) is 4.90 Å². The number of hydrogen-bond donors (Lipinski definition) is 1. The molecule has 0 radical (unpaired) electrons. The Morgan fingerprint density at radius 2 is 1.54 bits per heavy atom. The molecule has 1 aromatic heterocycles. The van der Waals surface area contributed by atoms with E-state index in [1.165, 1.54) is 12.1 Å². The predicted molar refractivity (Wildman–Crippen MR) is 91.5 cm³/mol. The number of rotatable bonds is 3. The molecule has 0 atom stereocenters. The SMILES string of the molecule is NS(=O)(=O)c1ccc(N2CCN(c3cc(C(F)(F)F)ccn3)CC2)cc1. The van der Waals surface area contributed by atoms with Gasteiger partial charge in [0.15, 0.2) is 0 Å². The minimum Gasteiger partial charge on any atom is -0.368 e. The van der Waals surface area contributed by atoms with Gasteiger partial charge in [0.25, 0.3) is 0 Å². The lowest BCUT2D eigenvalue weighted by Crippen LogP contribution is -2.46. The van der Waals surface area contributed by atoms with Crippen molar-refractivity contribution >= 4 is 21.5 Å². The highest BCUT2D eigenvalue weighted by atomic mass is 32.2. The van der Waals surface area contributed by atoms with Crippen molar-refractivity contribution in [1.82, 2.24) is 4.98 Å². The Bertz CT molecular complexity index is 877. The third kappa shape index (κ3) is 4.07. The zero-order chi connectivity index (χ0) is 18.9. The molecule has 0 saturated carbocycles. The van der Waals surface area contributed by atoms with Crippen LogP contribution in [0.3, 0.4) is 0 Å². The summed E-state index contributed by atoms with van der Waals surface area (Å²) in [6, 6.07) is 8.20. The fourth-order valence-corrected chi connectivity index (χ4v) is 3.32. The van der Waals surface area contributed by atoms with E-state index in [1.54, 1.807) is 17.0 Å². The summed E-state index contributed by atoms with van der Waals surface area (Å²) in [5, 5.41) is 5.08. The van der Waals surface area contributed by atoms with Gasteiger partial charge in [0.1, 0.15) is 5.82 Å². The average molecular weight is 386 g/mol. The first-order valence-electron chi connectivity index (χ1n) is 7.80. The highest BCUT2D eigenvalue weighted by Gasteiger charge is 2.31. The van der Waals surface area contributed by atoms with Gasteiger partial charge in [-0.05, 0) is 36.4 Å². The monoisotopic (exact) mass is 386 g/mol. The maximum atomic E-state index is 12.8. The first-order chi connectivity index (χ1) is 12.1. The molecule has 1 aliphatic rings. The molecule has 2 aromatic rings. The van der Waals surface area contributed by atoms with Crippen molar-refractivity contribution in [2.75, 3.05) is 36.0 Å². The quantitative estimate of drug-likeness (QED) is 0.874. The number of aromatic nitrogens is 1. The summed E-state index contributed by atoms with van der Waals surface area (Å²) >= 11 is 0. The lowest BCUT2D eigenvalue weighted by molar-refractivity contribution is -0.137. The van der Waals surface area contributed by atoms with Crippen molar-refractivity contribution in [3.8, 4) is 0 Å². The number of alkyl halides is 3. The van der Waals surface area contributed by atoms with Crippen LogP contribution in [0.1, 0.15) is 5.56 Å². The van der Waals surface area contributed by atoms with Crippen molar-refractivity contribution in [2.45, 2.75) is 11.1 Å². The van der Waals surface area contributed by atoms with Crippen molar-refractivity contribution < 1.29 is 21.6 Å². The van der Waals surface area contributed by atoms with Crippen LogP contribution in [0.5, 0.6) is 0 Å². The summed E-state index contributed by atoms with van der Waals surface area (Å²) in [5.74, 6) is 0.295. The van der Waals surface area contributed by atoms with Gasteiger partial charge in [-0.1, -0.05) is 0 Å². The Hall–Kier alpha value is -2.33. The van der Waals surface area contributed by atoms with Crippen LogP contribution in [0.25, 0.3) is 0 Å². The third-order valence-electron chi connectivity index (χ3n) is 4.21. The lowest BCUT2D eigenvalue weighted by atomic mass is 10.2. The Labute approximate surface area is 149 Å². The van der Waals surface area contributed by atoms with Crippen molar-refractivity contribution in [3.05, 3.63) is 48.2 Å². The molecular formula is C16H17F3N4O2S. The fraction of sp³-hybridized carbons (Fsp3) is 0.312. The van der Waals surface area contributed by atoms with E-state index in [1.807, 2.05) is 4.90 Å². The van der Waals surface area contributed by atoms with Gasteiger partial charge < -0.3 is 9.80 Å². The van der Waals surface area contributed by atoms with Gasteiger partial charge in [-0.15, -0.1) is 0 Å².